The molecule has 3 N–H and O–H groups in total. The fourth-order valence-corrected chi connectivity index (χ4v) is 9.24. The summed E-state index contributed by atoms with van der Waals surface area (Å²) in [5, 5.41) is 9.67. The van der Waals surface area contributed by atoms with Gasteiger partial charge in [0.25, 0.3) is 5.91 Å². The van der Waals surface area contributed by atoms with Crippen LogP contribution in [0.1, 0.15) is 88.2 Å². The lowest BCUT2D eigenvalue weighted by Gasteiger charge is -2.30. The minimum Gasteiger partial charge on any atom is -0.446 e. The molecule has 4 fully saturated rings. The van der Waals surface area contributed by atoms with E-state index >= 15 is 0 Å². The third kappa shape index (κ3) is 7.17. The number of benzene rings is 2. The molecule has 2 aromatic carbocycles. The van der Waals surface area contributed by atoms with Crippen molar-refractivity contribution in [1.29, 1.82) is 0 Å². The number of fused-ring (bicyclic) bond motifs is 5. The summed E-state index contributed by atoms with van der Waals surface area (Å²) >= 11 is 0. The highest BCUT2D eigenvalue weighted by atomic mass is 32.2. The van der Waals surface area contributed by atoms with Gasteiger partial charge in [0.2, 0.25) is 21.8 Å². The molecule has 6 aliphatic rings. The van der Waals surface area contributed by atoms with Gasteiger partial charge in [-0.1, -0.05) is 78.7 Å². The highest BCUT2D eigenvalue weighted by molar-refractivity contribution is 7.91. The number of amides is 4. The standard InChI is InChI=1S/C39H45N5O8S/c45-35-33-21-26(52-42-34-30-16-8-6-14-28(30)29-15-7-9-17-31(29)34)23-44(33)36(46)32(40-38(48)51-25-12-10-13-25)18-5-3-1-2-4-11-24-22-39(24,41-35)37(47)43-53(49,50)27-19-20-27/h4,6-9,11,14-17,24-27,32-33H,1-3,5,10,12-13,18-23H2,(H,40,48)(H,41,45)(H,43,47)/b11-4-/t24?,26-,32-,33+,39-/m1/s1. The number of ether oxygens (including phenoxy) is 1. The topological polar surface area (TPSA) is 173 Å². The maximum absolute atomic E-state index is 14.4. The van der Waals surface area contributed by atoms with Crippen LogP contribution in [-0.2, 0) is 34.0 Å². The van der Waals surface area contributed by atoms with Crippen LogP contribution < -0.4 is 15.4 Å². The largest absolute Gasteiger partial charge is 0.446 e. The molecule has 13 nitrogen and oxygen atoms in total. The van der Waals surface area contributed by atoms with E-state index in [1.807, 2.05) is 60.7 Å². The van der Waals surface area contributed by atoms with E-state index in [2.05, 4.69) is 20.5 Å². The molecular weight excluding hydrogens is 699 g/mol. The molecule has 0 aromatic heterocycles. The lowest BCUT2D eigenvalue weighted by molar-refractivity contribution is -0.141. The van der Waals surface area contributed by atoms with Crippen molar-refractivity contribution < 1.29 is 37.2 Å². The molecule has 280 valence electrons. The van der Waals surface area contributed by atoms with Gasteiger partial charge in [-0.2, -0.15) is 0 Å². The summed E-state index contributed by atoms with van der Waals surface area (Å²) in [6, 6.07) is 13.8. The number of carbonyl (C=O) groups excluding carboxylic acids is 4. The molecule has 1 saturated heterocycles. The Kier molecular flexibility index (Phi) is 9.50. The molecule has 2 aromatic rings. The lowest BCUT2D eigenvalue weighted by atomic mass is 9.96. The van der Waals surface area contributed by atoms with Crippen LogP contribution in [0.25, 0.3) is 11.1 Å². The summed E-state index contributed by atoms with van der Waals surface area (Å²) in [4.78, 5) is 63.0. The molecular formula is C39H45N5O8S. The molecule has 4 amide bonds. The second-order valence-corrected chi connectivity index (χ2v) is 17.1. The monoisotopic (exact) mass is 743 g/mol. The van der Waals surface area contributed by atoms with E-state index in [1.54, 1.807) is 0 Å². The zero-order chi connectivity index (χ0) is 36.7. The van der Waals surface area contributed by atoms with Crippen molar-refractivity contribution in [3.8, 4) is 11.1 Å². The predicted octanol–water partition coefficient (Wildman–Crippen LogP) is 4.06. The maximum atomic E-state index is 14.4. The Hall–Kier alpha value is -4.72. The predicted molar refractivity (Wildman–Crippen MR) is 195 cm³/mol. The van der Waals surface area contributed by atoms with Gasteiger partial charge < -0.3 is 25.1 Å². The number of sulfonamides is 1. The SMILES string of the molecule is O=C(N[C@@H]1CCCCC/C=C\C2C[C@@]2(C(=O)NS(=O)(=O)C2CC2)NC(=O)[C@@H]2C[C@@H](ON=C3c4ccccc4-c4ccccc43)CN2C1=O)OC1CCC1. The quantitative estimate of drug-likeness (QED) is 0.240. The molecule has 0 bridgehead atoms. The van der Waals surface area contributed by atoms with Gasteiger partial charge in [-0.05, 0) is 68.9 Å². The Morgan fingerprint density at radius 1 is 0.868 bits per heavy atom. The van der Waals surface area contributed by atoms with E-state index in [1.165, 1.54) is 4.90 Å². The minimum absolute atomic E-state index is 0.00539. The molecule has 3 saturated carbocycles. The summed E-state index contributed by atoms with van der Waals surface area (Å²) in [6.45, 7) is 0.00539. The van der Waals surface area contributed by atoms with Crippen LogP contribution in [0.3, 0.4) is 0 Å². The summed E-state index contributed by atoms with van der Waals surface area (Å²) in [5.74, 6) is -2.24. The molecule has 1 unspecified atom stereocenters. The van der Waals surface area contributed by atoms with Crippen molar-refractivity contribution in [3.05, 3.63) is 71.8 Å². The Balaban J connectivity index is 1.08. The van der Waals surface area contributed by atoms with E-state index < -0.39 is 68.7 Å². The van der Waals surface area contributed by atoms with Crippen LogP contribution >= 0.6 is 0 Å². The third-order valence-electron chi connectivity index (χ3n) is 11.4. The fourth-order valence-electron chi connectivity index (χ4n) is 7.87. The van der Waals surface area contributed by atoms with Crippen molar-refractivity contribution in [3.63, 3.8) is 0 Å². The first-order valence-electron chi connectivity index (χ1n) is 18.9. The van der Waals surface area contributed by atoms with E-state index in [4.69, 9.17) is 9.57 Å². The molecule has 4 aliphatic carbocycles. The van der Waals surface area contributed by atoms with Gasteiger partial charge in [-0.3, -0.25) is 19.1 Å². The number of allylic oxidation sites excluding steroid dienone is 1. The zero-order valence-electron chi connectivity index (χ0n) is 29.5. The van der Waals surface area contributed by atoms with Crippen molar-refractivity contribution in [1.82, 2.24) is 20.3 Å². The molecule has 53 heavy (non-hydrogen) atoms. The van der Waals surface area contributed by atoms with Crippen LogP contribution in [-0.4, -0.2) is 84.5 Å². The molecule has 0 spiro atoms. The van der Waals surface area contributed by atoms with E-state index in [0.29, 0.717) is 37.8 Å². The molecule has 0 radical (unpaired) electrons. The van der Waals surface area contributed by atoms with Gasteiger partial charge in [0.15, 0.2) is 0 Å². The molecule has 8 rings (SSSR count). The van der Waals surface area contributed by atoms with Crippen LogP contribution in [0.5, 0.6) is 0 Å². The average molecular weight is 744 g/mol. The second kappa shape index (κ2) is 14.3. The minimum atomic E-state index is -3.88. The number of carbonyl (C=O) groups is 4. The van der Waals surface area contributed by atoms with Crippen LogP contribution in [0.15, 0.2) is 65.8 Å². The van der Waals surface area contributed by atoms with Gasteiger partial charge in [-0.25, -0.2) is 13.2 Å². The fraction of sp³-hybridized carbons (Fsp3) is 0.513. The molecule has 2 heterocycles. The van der Waals surface area contributed by atoms with E-state index in [0.717, 1.165) is 54.4 Å². The summed E-state index contributed by atoms with van der Waals surface area (Å²) < 4.78 is 33.4. The highest BCUT2D eigenvalue weighted by Crippen LogP contribution is 2.46. The Morgan fingerprint density at radius 3 is 2.23 bits per heavy atom. The van der Waals surface area contributed by atoms with Crippen molar-refractivity contribution in [2.75, 3.05) is 6.54 Å². The number of nitrogens with zero attached hydrogens (tertiary/aromatic N) is 2. The maximum Gasteiger partial charge on any atom is 0.408 e. The van der Waals surface area contributed by atoms with Gasteiger partial charge in [-0.15, -0.1) is 0 Å². The lowest BCUT2D eigenvalue weighted by Crippen LogP contribution is -2.58. The van der Waals surface area contributed by atoms with Crippen molar-refractivity contribution in [2.45, 2.75) is 112 Å². The van der Waals surface area contributed by atoms with Gasteiger partial charge in [0.1, 0.15) is 35.5 Å². The normalized spacial score (nSPS) is 29.1. The van der Waals surface area contributed by atoms with Gasteiger partial charge >= 0.3 is 6.09 Å². The first-order valence-corrected chi connectivity index (χ1v) is 20.4. The third-order valence-corrected chi connectivity index (χ3v) is 13.2. The highest BCUT2D eigenvalue weighted by Gasteiger charge is 2.62. The number of nitrogens with one attached hydrogen (secondary N) is 3. The summed E-state index contributed by atoms with van der Waals surface area (Å²) in [7, 11) is -3.88. The summed E-state index contributed by atoms with van der Waals surface area (Å²) in [6.07, 6.45) is 9.41. The number of alkyl carbamates (subject to hydrolysis) is 1. The van der Waals surface area contributed by atoms with Gasteiger partial charge in [0, 0.05) is 23.5 Å². The number of hydrogen-bond acceptors (Lipinski definition) is 9. The molecule has 5 atom stereocenters. The zero-order valence-corrected chi connectivity index (χ0v) is 30.3. The Bertz CT molecular complexity index is 1930. The Morgan fingerprint density at radius 2 is 1.57 bits per heavy atom. The average Bonchev–Trinajstić information content (AvgIpc) is 4.03. The van der Waals surface area contributed by atoms with Crippen molar-refractivity contribution in [2.24, 2.45) is 11.1 Å². The Labute approximate surface area is 309 Å². The second-order valence-electron chi connectivity index (χ2n) is 15.2. The van der Waals surface area contributed by atoms with Crippen molar-refractivity contribution >= 4 is 39.5 Å². The van der Waals surface area contributed by atoms with E-state index in [9.17, 15) is 27.6 Å². The van der Waals surface area contributed by atoms with Crippen LogP contribution in [0.2, 0.25) is 0 Å². The summed E-state index contributed by atoms with van der Waals surface area (Å²) in [5.41, 5.74) is 3.04. The van der Waals surface area contributed by atoms with Crippen LogP contribution in [0.4, 0.5) is 4.79 Å². The number of oxime groups is 1. The first kappa shape index (κ1) is 35.3. The number of rotatable bonds is 7. The van der Waals surface area contributed by atoms with Gasteiger partial charge in [0.05, 0.1) is 11.8 Å². The first-order chi connectivity index (χ1) is 25.6. The van der Waals surface area contributed by atoms with Crippen LogP contribution in [0, 0.1) is 5.92 Å². The molecule has 14 heteroatoms. The smallest absolute Gasteiger partial charge is 0.408 e. The molecule has 2 aliphatic heterocycles. The number of hydrogen-bond donors (Lipinski definition) is 3. The van der Waals surface area contributed by atoms with E-state index in [-0.39, 0.29) is 25.5 Å².